The van der Waals surface area contributed by atoms with E-state index in [-0.39, 0.29) is 10.5 Å². The number of hydrogen-bond acceptors (Lipinski definition) is 5. The van der Waals surface area contributed by atoms with Crippen LogP contribution in [0.5, 0.6) is 0 Å². The second-order valence-electron chi connectivity index (χ2n) is 7.25. The van der Waals surface area contributed by atoms with Crippen LogP contribution in [0.4, 0.5) is 0 Å². The maximum atomic E-state index is 12.4. The van der Waals surface area contributed by atoms with Gasteiger partial charge >= 0.3 is 0 Å². The van der Waals surface area contributed by atoms with Crippen LogP contribution in [-0.4, -0.2) is 42.8 Å². The fourth-order valence-corrected chi connectivity index (χ4v) is 5.53. The van der Waals surface area contributed by atoms with Crippen LogP contribution in [0.25, 0.3) is 0 Å². The zero-order valence-corrected chi connectivity index (χ0v) is 16.6. The first-order valence-electron chi connectivity index (χ1n) is 8.81. The van der Waals surface area contributed by atoms with Gasteiger partial charge in [-0.15, -0.1) is 11.3 Å². The van der Waals surface area contributed by atoms with E-state index in [9.17, 15) is 13.2 Å². The van der Waals surface area contributed by atoms with E-state index in [1.807, 2.05) is 11.3 Å². The van der Waals surface area contributed by atoms with E-state index in [0.717, 1.165) is 13.0 Å². The molecule has 6 nitrogen and oxygen atoms in total. The van der Waals surface area contributed by atoms with Crippen LogP contribution in [-0.2, 0) is 23.1 Å². The molecule has 4 rings (SSSR count). The lowest BCUT2D eigenvalue weighted by molar-refractivity contribution is 0.123. The SMILES string of the molecule is CN(C)S(=O)(=O)c1ccc(=O)n(CN2CCc3sccc3[C@H]2C2CC2)c1. The molecule has 3 heterocycles. The molecule has 1 saturated carbocycles. The maximum Gasteiger partial charge on any atom is 0.251 e. The summed E-state index contributed by atoms with van der Waals surface area (Å²) in [7, 11) is -0.564. The molecule has 0 radical (unpaired) electrons. The third-order valence-electron chi connectivity index (χ3n) is 5.26. The average molecular weight is 394 g/mol. The van der Waals surface area contributed by atoms with Crippen molar-refractivity contribution in [2.24, 2.45) is 5.92 Å². The normalized spacial score (nSPS) is 21.1. The molecule has 0 saturated heterocycles. The van der Waals surface area contributed by atoms with E-state index < -0.39 is 10.0 Å². The van der Waals surface area contributed by atoms with Crippen LogP contribution in [0, 0.1) is 5.92 Å². The molecule has 2 aromatic rings. The number of rotatable bonds is 5. The summed E-state index contributed by atoms with van der Waals surface area (Å²) in [6.07, 6.45) is 4.91. The smallest absolute Gasteiger partial charge is 0.251 e. The second-order valence-corrected chi connectivity index (χ2v) is 10.4. The fraction of sp³-hybridized carbons (Fsp3) is 0.500. The Morgan fingerprint density at radius 2 is 2.00 bits per heavy atom. The Kier molecular flexibility index (Phi) is 4.54. The Balaban J connectivity index is 1.66. The molecular formula is C18H23N3O3S2. The van der Waals surface area contributed by atoms with Crippen LogP contribution in [0.3, 0.4) is 0 Å². The third-order valence-corrected chi connectivity index (χ3v) is 8.05. The predicted molar refractivity (Wildman–Crippen MR) is 102 cm³/mol. The van der Waals surface area contributed by atoms with Gasteiger partial charge in [0.25, 0.3) is 5.56 Å². The Bertz CT molecular complexity index is 974. The van der Waals surface area contributed by atoms with Crippen molar-refractivity contribution < 1.29 is 8.42 Å². The molecule has 0 aromatic carbocycles. The molecular weight excluding hydrogens is 370 g/mol. The molecule has 1 aliphatic heterocycles. The van der Waals surface area contributed by atoms with Crippen molar-refractivity contribution >= 4 is 21.4 Å². The molecule has 1 aliphatic carbocycles. The lowest BCUT2D eigenvalue weighted by Crippen LogP contribution is -2.40. The molecule has 0 spiro atoms. The summed E-state index contributed by atoms with van der Waals surface area (Å²) in [5, 5.41) is 2.15. The number of sulfonamides is 1. The van der Waals surface area contributed by atoms with E-state index in [4.69, 9.17) is 0 Å². The van der Waals surface area contributed by atoms with Crippen molar-refractivity contribution in [3.63, 3.8) is 0 Å². The number of pyridine rings is 1. The van der Waals surface area contributed by atoms with Crippen LogP contribution in [0.2, 0.25) is 0 Å². The molecule has 140 valence electrons. The molecule has 1 fully saturated rings. The molecule has 0 amide bonds. The lowest BCUT2D eigenvalue weighted by Gasteiger charge is -2.36. The van der Waals surface area contributed by atoms with Crippen molar-refractivity contribution in [3.05, 3.63) is 50.6 Å². The number of aromatic nitrogens is 1. The minimum absolute atomic E-state index is 0.151. The van der Waals surface area contributed by atoms with Crippen LogP contribution < -0.4 is 5.56 Å². The summed E-state index contributed by atoms with van der Waals surface area (Å²) in [6, 6.07) is 5.29. The zero-order chi connectivity index (χ0) is 18.5. The molecule has 8 heteroatoms. The molecule has 2 aliphatic rings. The highest BCUT2D eigenvalue weighted by atomic mass is 32.2. The molecule has 0 N–H and O–H groups in total. The highest BCUT2D eigenvalue weighted by Crippen LogP contribution is 2.48. The first-order valence-corrected chi connectivity index (χ1v) is 11.1. The van der Waals surface area contributed by atoms with E-state index in [0.29, 0.717) is 18.6 Å². The topological polar surface area (TPSA) is 62.6 Å². The summed E-state index contributed by atoms with van der Waals surface area (Å²) in [5.74, 6) is 0.646. The third kappa shape index (κ3) is 3.15. The quantitative estimate of drug-likeness (QED) is 0.781. The van der Waals surface area contributed by atoms with Crippen molar-refractivity contribution in [2.75, 3.05) is 20.6 Å². The van der Waals surface area contributed by atoms with Gasteiger partial charge in [0.2, 0.25) is 10.0 Å². The largest absolute Gasteiger partial charge is 0.301 e. The standard InChI is InChI=1S/C18H23N3O3S2/c1-19(2)26(23,24)14-5-6-17(22)21(11-14)12-20-9-7-16-15(8-10-25-16)18(20)13-3-4-13/h5-6,8,10-11,13,18H,3-4,7,9,12H2,1-2H3/t18-/m1/s1. The van der Waals surface area contributed by atoms with Gasteiger partial charge in [0, 0.05) is 43.8 Å². The van der Waals surface area contributed by atoms with Gasteiger partial charge in [-0.2, -0.15) is 0 Å². The lowest BCUT2D eigenvalue weighted by atomic mass is 9.96. The number of hydrogen-bond donors (Lipinski definition) is 0. The summed E-state index contributed by atoms with van der Waals surface area (Å²) < 4.78 is 27.5. The van der Waals surface area contributed by atoms with Crippen molar-refractivity contribution in [1.29, 1.82) is 0 Å². The Hall–Kier alpha value is -1.48. The van der Waals surface area contributed by atoms with Gasteiger partial charge in [-0.05, 0) is 48.3 Å². The zero-order valence-electron chi connectivity index (χ0n) is 15.0. The molecule has 0 bridgehead atoms. The summed E-state index contributed by atoms with van der Waals surface area (Å²) in [4.78, 5) is 16.3. The van der Waals surface area contributed by atoms with Crippen LogP contribution in [0.15, 0.2) is 39.5 Å². The van der Waals surface area contributed by atoms with Gasteiger partial charge in [-0.3, -0.25) is 9.69 Å². The van der Waals surface area contributed by atoms with Gasteiger partial charge in [0.1, 0.15) is 0 Å². The molecule has 26 heavy (non-hydrogen) atoms. The minimum atomic E-state index is -3.56. The summed E-state index contributed by atoms with van der Waals surface area (Å²) in [6.45, 7) is 1.32. The van der Waals surface area contributed by atoms with Crippen LogP contribution >= 0.6 is 11.3 Å². The molecule has 1 atom stereocenters. The highest BCUT2D eigenvalue weighted by Gasteiger charge is 2.40. The van der Waals surface area contributed by atoms with Gasteiger partial charge < -0.3 is 4.57 Å². The molecule has 0 unspecified atom stereocenters. The Labute approximate surface area is 157 Å². The van der Waals surface area contributed by atoms with E-state index in [2.05, 4.69) is 16.3 Å². The predicted octanol–water partition coefficient (Wildman–Crippen LogP) is 2.13. The van der Waals surface area contributed by atoms with Gasteiger partial charge in [0.05, 0.1) is 11.6 Å². The summed E-state index contributed by atoms with van der Waals surface area (Å²) in [5.41, 5.74) is 1.22. The van der Waals surface area contributed by atoms with Crippen molar-refractivity contribution in [1.82, 2.24) is 13.8 Å². The van der Waals surface area contributed by atoms with E-state index >= 15 is 0 Å². The average Bonchev–Trinajstić information content (AvgIpc) is 3.32. The minimum Gasteiger partial charge on any atom is -0.301 e. The highest BCUT2D eigenvalue weighted by molar-refractivity contribution is 7.89. The van der Waals surface area contributed by atoms with Gasteiger partial charge in [0.15, 0.2) is 0 Å². The Morgan fingerprint density at radius 1 is 1.23 bits per heavy atom. The summed E-state index contributed by atoms with van der Waals surface area (Å²) >= 11 is 1.81. The first kappa shape index (κ1) is 17.9. The van der Waals surface area contributed by atoms with Crippen molar-refractivity contribution in [3.8, 4) is 0 Å². The number of thiophene rings is 1. The fourth-order valence-electron chi connectivity index (χ4n) is 3.70. The van der Waals surface area contributed by atoms with Gasteiger partial charge in [-0.25, -0.2) is 12.7 Å². The van der Waals surface area contributed by atoms with Crippen molar-refractivity contribution in [2.45, 2.75) is 36.9 Å². The Morgan fingerprint density at radius 3 is 2.69 bits per heavy atom. The van der Waals surface area contributed by atoms with E-state index in [1.54, 1.807) is 0 Å². The number of fused-ring (bicyclic) bond motifs is 1. The van der Waals surface area contributed by atoms with Gasteiger partial charge in [-0.1, -0.05) is 0 Å². The first-order chi connectivity index (χ1) is 12.4. The van der Waals surface area contributed by atoms with Crippen LogP contribution in [0.1, 0.15) is 29.3 Å². The number of nitrogens with zero attached hydrogens (tertiary/aromatic N) is 3. The van der Waals surface area contributed by atoms with E-state index in [1.165, 1.54) is 64.6 Å². The second kappa shape index (κ2) is 6.60. The maximum absolute atomic E-state index is 12.4. The monoisotopic (exact) mass is 393 g/mol. The molecule has 2 aromatic heterocycles.